The van der Waals surface area contributed by atoms with E-state index in [4.69, 9.17) is 5.26 Å². The highest BCUT2D eigenvalue weighted by molar-refractivity contribution is 7.99. The van der Waals surface area contributed by atoms with E-state index >= 15 is 0 Å². The third-order valence-electron chi connectivity index (χ3n) is 2.18. The van der Waals surface area contributed by atoms with Crippen LogP contribution in [0, 0.1) is 11.3 Å². The van der Waals surface area contributed by atoms with E-state index in [1.54, 1.807) is 0 Å². The maximum absolute atomic E-state index is 8.53. The molecule has 2 nitrogen and oxygen atoms in total. The van der Waals surface area contributed by atoms with Crippen molar-refractivity contribution in [2.75, 3.05) is 24.6 Å². The molecule has 0 aliphatic rings. The van der Waals surface area contributed by atoms with Gasteiger partial charge in [-0.15, -0.1) is 0 Å². The molecule has 0 atom stereocenters. The van der Waals surface area contributed by atoms with Crippen LogP contribution in [0.25, 0.3) is 0 Å². The maximum Gasteiger partial charge on any atom is 0.0635 e. The average Bonchev–Trinajstić information content (AvgIpc) is 2.16. The number of thioether (sulfide) groups is 1. The van der Waals surface area contributed by atoms with E-state index in [2.05, 4.69) is 31.7 Å². The Balaban J connectivity index is 3.58. The van der Waals surface area contributed by atoms with E-state index in [0.29, 0.717) is 12.5 Å². The van der Waals surface area contributed by atoms with Crippen molar-refractivity contribution >= 4 is 11.8 Å². The molecule has 0 N–H and O–H groups in total. The van der Waals surface area contributed by atoms with Gasteiger partial charge in [-0.2, -0.15) is 17.0 Å². The Kier molecular flexibility index (Phi) is 9.23. The van der Waals surface area contributed by atoms with E-state index in [0.717, 1.165) is 13.1 Å². The molecule has 3 heteroatoms. The quantitative estimate of drug-likeness (QED) is 0.581. The summed E-state index contributed by atoms with van der Waals surface area (Å²) in [5, 5.41) is 8.53. The van der Waals surface area contributed by atoms with Gasteiger partial charge in [0.2, 0.25) is 0 Å². The van der Waals surface area contributed by atoms with Crippen molar-refractivity contribution in [3.05, 3.63) is 0 Å². The van der Waals surface area contributed by atoms with Crippen LogP contribution in [0.1, 0.15) is 33.6 Å². The van der Waals surface area contributed by atoms with Gasteiger partial charge in [-0.05, 0) is 38.3 Å². The summed E-state index contributed by atoms with van der Waals surface area (Å²) in [6, 6.07) is 2.77. The molecule has 0 aliphatic carbocycles. The smallest absolute Gasteiger partial charge is 0.0635 e. The molecule has 0 aromatic rings. The highest BCUT2D eigenvalue weighted by Gasteiger charge is 2.07. The van der Waals surface area contributed by atoms with Crippen molar-refractivity contribution < 1.29 is 0 Å². The van der Waals surface area contributed by atoms with Gasteiger partial charge >= 0.3 is 0 Å². The van der Waals surface area contributed by atoms with Crippen molar-refractivity contribution in [3.8, 4) is 6.07 Å². The van der Waals surface area contributed by atoms with Crippen LogP contribution < -0.4 is 0 Å². The summed E-state index contributed by atoms with van der Waals surface area (Å²) in [6.07, 6.45) is 1.89. The van der Waals surface area contributed by atoms with E-state index < -0.39 is 0 Å². The predicted octanol–water partition coefficient (Wildman–Crippen LogP) is 2.75. The predicted molar refractivity (Wildman–Crippen MR) is 64.6 cm³/mol. The number of nitrogens with zero attached hydrogens (tertiary/aromatic N) is 2. The SMILES string of the molecule is CCSCCCN(CCC#N)C(C)C. The zero-order chi connectivity index (χ0) is 10.8. The van der Waals surface area contributed by atoms with Gasteiger partial charge in [-0.3, -0.25) is 4.90 Å². The lowest BCUT2D eigenvalue weighted by Gasteiger charge is -2.25. The van der Waals surface area contributed by atoms with Gasteiger partial charge in [0, 0.05) is 19.0 Å². The second-order valence-electron chi connectivity index (χ2n) is 3.59. The Morgan fingerprint density at radius 1 is 1.36 bits per heavy atom. The van der Waals surface area contributed by atoms with Crippen LogP contribution in [0.4, 0.5) is 0 Å². The Bertz CT molecular complexity index is 163. The maximum atomic E-state index is 8.53. The molecule has 0 spiro atoms. The summed E-state index contributed by atoms with van der Waals surface area (Å²) in [5.74, 6) is 2.45. The first-order valence-electron chi connectivity index (χ1n) is 5.41. The Morgan fingerprint density at radius 2 is 2.07 bits per heavy atom. The van der Waals surface area contributed by atoms with Crippen LogP contribution in [0.5, 0.6) is 0 Å². The van der Waals surface area contributed by atoms with Gasteiger partial charge in [0.05, 0.1) is 6.07 Å². The monoisotopic (exact) mass is 214 g/mol. The molecule has 0 saturated heterocycles. The molecular weight excluding hydrogens is 192 g/mol. The molecule has 0 aromatic carbocycles. The molecule has 0 aromatic heterocycles. The van der Waals surface area contributed by atoms with Gasteiger partial charge < -0.3 is 0 Å². The van der Waals surface area contributed by atoms with Crippen molar-refractivity contribution in [1.82, 2.24) is 4.90 Å². The number of rotatable bonds is 8. The molecule has 0 aliphatic heterocycles. The molecule has 14 heavy (non-hydrogen) atoms. The highest BCUT2D eigenvalue weighted by Crippen LogP contribution is 2.05. The Hall–Kier alpha value is -0.200. The van der Waals surface area contributed by atoms with Crippen LogP contribution in [-0.2, 0) is 0 Å². The number of hydrogen-bond acceptors (Lipinski definition) is 3. The normalized spacial score (nSPS) is 10.9. The molecule has 0 saturated carbocycles. The minimum atomic E-state index is 0.565. The molecule has 0 bridgehead atoms. The molecule has 0 heterocycles. The first-order chi connectivity index (χ1) is 6.72. The van der Waals surface area contributed by atoms with Crippen LogP contribution >= 0.6 is 11.8 Å². The van der Waals surface area contributed by atoms with Crippen LogP contribution in [0.2, 0.25) is 0 Å². The fraction of sp³-hybridized carbons (Fsp3) is 0.909. The topological polar surface area (TPSA) is 27.0 Å². The minimum absolute atomic E-state index is 0.565. The van der Waals surface area contributed by atoms with Gasteiger partial charge in [0.25, 0.3) is 0 Å². The summed E-state index contributed by atoms with van der Waals surface area (Å²) in [7, 11) is 0. The third-order valence-corrected chi connectivity index (χ3v) is 3.16. The van der Waals surface area contributed by atoms with Gasteiger partial charge in [-0.25, -0.2) is 0 Å². The van der Waals surface area contributed by atoms with Crippen molar-refractivity contribution in [1.29, 1.82) is 5.26 Å². The van der Waals surface area contributed by atoms with Crippen molar-refractivity contribution in [2.45, 2.75) is 39.7 Å². The summed E-state index contributed by atoms with van der Waals surface area (Å²) in [5.41, 5.74) is 0. The number of hydrogen-bond donors (Lipinski definition) is 0. The van der Waals surface area contributed by atoms with Gasteiger partial charge in [-0.1, -0.05) is 6.92 Å². The lowest BCUT2D eigenvalue weighted by molar-refractivity contribution is 0.228. The van der Waals surface area contributed by atoms with Crippen molar-refractivity contribution in [2.24, 2.45) is 0 Å². The van der Waals surface area contributed by atoms with Crippen LogP contribution in [-0.4, -0.2) is 35.5 Å². The molecule has 0 amide bonds. The Labute approximate surface area is 92.7 Å². The van der Waals surface area contributed by atoms with E-state index in [-0.39, 0.29) is 0 Å². The first-order valence-corrected chi connectivity index (χ1v) is 6.56. The van der Waals surface area contributed by atoms with Gasteiger partial charge in [0.15, 0.2) is 0 Å². The second kappa shape index (κ2) is 9.36. The molecule has 0 fully saturated rings. The average molecular weight is 214 g/mol. The molecular formula is C11H22N2S. The largest absolute Gasteiger partial charge is 0.300 e. The first kappa shape index (κ1) is 13.8. The molecule has 0 radical (unpaired) electrons. The van der Waals surface area contributed by atoms with E-state index in [1.807, 2.05) is 11.8 Å². The van der Waals surface area contributed by atoms with Crippen LogP contribution in [0.3, 0.4) is 0 Å². The van der Waals surface area contributed by atoms with Crippen molar-refractivity contribution in [3.63, 3.8) is 0 Å². The van der Waals surface area contributed by atoms with Crippen LogP contribution in [0.15, 0.2) is 0 Å². The zero-order valence-corrected chi connectivity index (χ0v) is 10.4. The second-order valence-corrected chi connectivity index (χ2v) is 4.98. The minimum Gasteiger partial charge on any atom is -0.300 e. The highest BCUT2D eigenvalue weighted by atomic mass is 32.2. The number of nitriles is 1. The van der Waals surface area contributed by atoms with Gasteiger partial charge in [0.1, 0.15) is 0 Å². The molecule has 0 rings (SSSR count). The molecule has 0 unspecified atom stereocenters. The standard InChI is InChI=1S/C11H22N2S/c1-4-14-10-6-9-13(11(2)3)8-5-7-12/h11H,4-6,8-10H2,1-3H3. The summed E-state index contributed by atoms with van der Waals surface area (Å²) in [6.45, 7) is 8.65. The summed E-state index contributed by atoms with van der Waals surface area (Å²) < 4.78 is 0. The van der Waals surface area contributed by atoms with E-state index in [1.165, 1.54) is 17.9 Å². The molecule has 82 valence electrons. The third kappa shape index (κ3) is 7.23. The fourth-order valence-electron chi connectivity index (χ4n) is 1.34. The Morgan fingerprint density at radius 3 is 2.57 bits per heavy atom. The summed E-state index contributed by atoms with van der Waals surface area (Å²) in [4.78, 5) is 2.39. The fourth-order valence-corrected chi connectivity index (χ4v) is 1.96. The lowest BCUT2D eigenvalue weighted by Crippen LogP contribution is -2.32. The summed E-state index contributed by atoms with van der Waals surface area (Å²) >= 11 is 1.99. The lowest BCUT2D eigenvalue weighted by atomic mass is 10.2. The van der Waals surface area contributed by atoms with E-state index in [9.17, 15) is 0 Å². The zero-order valence-electron chi connectivity index (χ0n) is 9.62.